The molecule has 4 aliphatic rings. The number of fused-ring (bicyclic) bond motifs is 5. The van der Waals surface area contributed by atoms with Crippen molar-refractivity contribution in [2.75, 3.05) is 13.2 Å². The Bertz CT molecular complexity index is 1100. The zero-order chi connectivity index (χ0) is 18.4. The van der Waals surface area contributed by atoms with Crippen molar-refractivity contribution in [3.8, 4) is 0 Å². The number of carbonyl (C=O) groups excluding carboxylic acids is 1. The number of thioether (sulfide) groups is 1. The number of hydrogen-bond donors (Lipinski definition) is 0. The molecule has 0 fully saturated rings. The summed E-state index contributed by atoms with van der Waals surface area (Å²) in [5, 5.41) is 4.61. The maximum Gasteiger partial charge on any atom is 0.344 e. The first-order chi connectivity index (χ1) is 13.3. The van der Waals surface area contributed by atoms with Gasteiger partial charge in [-0.3, -0.25) is 0 Å². The summed E-state index contributed by atoms with van der Waals surface area (Å²) in [6, 6.07) is 4.35. The van der Waals surface area contributed by atoms with Crippen molar-refractivity contribution in [3.05, 3.63) is 67.7 Å². The molecular formula is C23H20O3S. The average Bonchev–Trinajstić information content (AvgIpc) is 2.95. The highest BCUT2D eigenvalue weighted by Gasteiger charge is 2.28. The van der Waals surface area contributed by atoms with E-state index in [-0.39, 0.29) is 5.97 Å². The van der Waals surface area contributed by atoms with Crippen molar-refractivity contribution in [1.82, 2.24) is 0 Å². The Morgan fingerprint density at radius 3 is 3.07 bits per heavy atom. The number of benzene rings is 1. The Kier molecular flexibility index (Phi) is 4.09. The molecule has 0 radical (unpaired) electrons. The number of ether oxygens (including phenoxy) is 2. The second kappa shape index (κ2) is 6.61. The molecule has 0 amide bonds. The Morgan fingerprint density at radius 2 is 2.19 bits per heavy atom. The molecule has 136 valence electrons. The SMILES string of the molecule is CCOC(=O)C1=Cc2ccc3c(c2=CS1)=CCCC1=C3C2=C(COC=C2)C1. The van der Waals surface area contributed by atoms with Gasteiger partial charge in [0.15, 0.2) is 0 Å². The van der Waals surface area contributed by atoms with E-state index < -0.39 is 0 Å². The van der Waals surface area contributed by atoms with Gasteiger partial charge < -0.3 is 9.47 Å². The molecule has 0 bridgehead atoms. The molecule has 1 aromatic carbocycles. The topological polar surface area (TPSA) is 35.5 Å². The summed E-state index contributed by atoms with van der Waals surface area (Å²) in [5.41, 5.74) is 8.06. The highest BCUT2D eigenvalue weighted by molar-refractivity contribution is 8.11. The van der Waals surface area contributed by atoms with E-state index in [1.54, 1.807) is 0 Å². The molecule has 1 aromatic rings. The van der Waals surface area contributed by atoms with Crippen LogP contribution in [0.3, 0.4) is 0 Å². The van der Waals surface area contributed by atoms with E-state index >= 15 is 0 Å². The minimum atomic E-state index is -0.244. The predicted octanol–water partition coefficient (Wildman–Crippen LogP) is 3.65. The third-order valence-electron chi connectivity index (χ3n) is 5.47. The summed E-state index contributed by atoms with van der Waals surface area (Å²) in [5.74, 6) is -0.244. The lowest BCUT2D eigenvalue weighted by Gasteiger charge is -2.15. The summed E-state index contributed by atoms with van der Waals surface area (Å²) in [6.07, 6.45) is 11.4. The third kappa shape index (κ3) is 2.71. The van der Waals surface area contributed by atoms with Gasteiger partial charge in [-0.25, -0.2) is 4.79 Å². The molecule has 0 saturated heterocycles. The van der Waals surface area contributed by atoms with Gasteiger partial charge in [0.2, 0.25) is 0 Å². The van der Waals surface area contributed by atoms with Crippen LogP contribution in [0.1, 0.15) is 37.3 Å². The van der Waals surface area contributed by atoms with Gasteiger partial charge in [-0.2, -0.15) is 0 Å². The van der Waals surface area contributed by atoms with E-state index in [9.17, 15) is 4.79 Å². The van der Waals surface area contributed by atoms with Crippen LogP contribution >= 0.6 is 11.8 Å². The van der Waals surface area contributed by atoms with Crippen LogP contribution in [0.25, 0.3) is 23.1 Å². The molecule has 5 rings (SSSR count). The highest BCUT2D eigenvalue weighted by Crippen LogP contribution is 2.42. The second-order valence-corrected chi connectivity index (χ2v) is 7.93. The molecular weight excluding hydrogens is 356 g/mol. The fraction of sp³-hybridized carbons (Fsp3) is 0.261. The largest absolute Gasteiger partial charge is 0.497 e. The maximum atomic E-state index is 12.1. The van der Waals surface area contributed by atoms with Gasteiger partial charge in [-0.05, 0) is 82.0 Å². The second-order valence-electron chi connectivity index (χ2n) is 7.02. The highest BCUT2D eigenvalue weighted by atomic mass is 32.2. The van der Waals surface area contributed by atoms with Crippen LogP contribution in [0.4, 0.5) is 0 Å². The smallest absolute Gasteiger partial charge is 0.344 e. The van der Waals surface area contributed by atoms with Crippen LogP contribution < -0.4 is 10.4 Å². The molecule has 27 heavy (non-hydrogen) atoms. The van der Waals surface area contributed by atoms with E-state index in [0.29, 0.717) is 18.1 Å². The Morgan fingerprint density at radius 1 is 1.26 bits per heavy atom. The minimum Gasteiger partial charge on any atom is -0.497 e. The van der Waals surface area contributed by atoms with Crippen LogP contribution in [-0.4, -0.2) is 19.2 Å². The molecule has 2 heterocycles. The molecule has 0 N–H and O–H groups in total. The number of allylic oxidation sites excluding steroid dienone is 4. The summed E-state index contributed by atoms with van der Waals surface area (Å²) < 4.78 is 10.7. The summed E-state index contributed by atoms with van der Waals surface area (Å²) in [7, 11) is 0. The van der Waals surface area contributed by atoms with Crippen molar-refractivity contribution in [1.29, 1.82) is 0 Å². The lowest BCUT2D eigenvalue weighted by molar-refractivity contribution is -0.137. The van der Waals surface area contributed by atoms with Crippen molar-refractivity contribution in [3.63, 3.8) is 0 Å². The van der Waals surface area contributed by atoms with Gasteiger partial charge >= 0.3 is 5.97 Å². The summed E-state index contributed by atoms with van der Waals surface area (Å²) in [6.45, 7) is 2.93. The van der Waals surface area contributed by atoms with Gasteiger partial charge in [0.05, 0.1) is 17.8 Å². The molecule has 4 heteroatoms. The molecule has 2 aliphatic carbocycles. The van der Waals surface area contributed by atoms with E-state index in [1.165, 1.54) is 50.1 Å². The first-order valence-electron chi connectivity index (χ1n) is 9.38. The number of carbonyl (C=O) groups is 1. The van der Waals surface area contributed by atoms with Gasteiger partial charge in [0.1, 0.15) is 6.61 Å². The first kappa shape index (κ1) is 16.7. The lowest BCUT2D eigenvalue weighted by atomic mass is 9.93. The monoisotopic (exact) mass is 376 g/mol. The molecule has 0 aromatic heterocycles. The summed E-state index contributed by atoms with van der Waals surface area (Å²) >= 11 is 1.46. The van der Waals surface area contributed by atoms with Crippen LogP contribution in [0.5, 0.6) is 0 Å². The number of hydrogen-bond acceptors (Lipinski definition) is 4. The van der Waals surface area contributed by atoms with E-state index in [2.05, 4.69) is 29.7 Å². The fourth-order valence-electron chi connectivity index (χ4n) is 4.30. The van der Waals surface area contributed by atoms with Gasteiger partial charge in [0, 0.05) is 0 Å². The number of esters is 1. The molecule has 0 saturated carbocycles. The van der Waals surface area contributed by atoms with Crippen molar-refractivity contribution in [2.24, 2.45) is 0 Å². The Labute approximate surface area is 162 Å². The molecule has 0 unspecified atom stereocenters. The summed E-state index contributed by atoms with van der Waals surface area (Å²) in [4.78, 5) is 12.7. The molecule has 0 atom stereocenters. The first-order valence-corrected chi connectivity index (χ1v) is 10.3. The number of rotatable bonds is 2. The quantitative estimate of drug-likeness (QED) is 0.738. The fourth-order valence-corrected chi connectivity index (χ4v) is 5.16. The Balaban J connectivity index is 1.65. The van der Waals surface area contributed by atoms with E-state index in [1.807, 2.05) is 19.3 Å². The van der Waals surface area contributed by atoms with Crippen LogP contribution in [-0.2, 0) is 14.3 Å². The zero-order valence-electron chi connectivity index (χ0n) is 15.2. The van der Waals surface area contributed by atoms with Crippen molar-refractivity contribution >= 4 is 40.9 Å². The average molecular weight is 376 g/mol. The van der Waals surface area contributed by atoms with Gasteiger partial charge in [-0.15, -0.1) is 0 Å². The van der Waals surface area contributed by atoms with Crippen molar-refractivity contribution in [2.45, 2.75) is 26.2 Å². The lowest BCUT2D eigenvalue weighted by Crippen LogP contribution is -2.31. The maximum absolute atomic E-state index is 12.1. The van der Waals surface area contributed by atoms with E-state index in [0.717, 1.165) is 24.8 Å². The van der Waals surface area contributed by atoms with Gasteiger partial charge in [0.25, 0.3) is 0 Å². The Hall–Kier alpha value is -2.46. The van der Waals surface area contributed by atoms with Crippen molar-refractivity contribution < 1.29 is 14.3 Å². The minimum absolute atomic E-state index is 0.244. The van der Waals surface area contributed by atoms with E-state index in [4.69, 9.17) is 9.47 Å². The van der Waals surface area contributed by atoms with Gasteiger partial charge in [-0.1, -0.05) is 35.5 Å². The van der Waals surface area contributed by atoms with Crippen LogP contribution in [0, 0.1) is 0 Å². The zero-order valence-corrected chi connectivity index (χ0v) is 16.0. The molecule has 2 aliphatic heterocycles. The standard InChI is InChI=1S/C23H20O3S/c1-2-26-23(24)21-11-14-6-7-19-18(20(14)13-27-21)5-3-4-15-10-16-12-25-9-8-17(16)22(15)19/h5-9,11,13H,2-4,10,12H2,1H3. The van der Waals surface area contributed by atoms with Crippen LogP contribution in [0.15, 0.2) is 46.1 Å². The predicted molar refractivity (Wildman–Crippen MR) is 110 cm³/mol. The molecule has 3 nitrogen and oxygen atoms in total. The normalized spacial score (nSPS) is 19.5. The third-order valence-corrected chi connectivity index (χ3v) is 6.36. The molecule has 0 spiro atoms. The van der Waals surface area contributed by atoms with Crippen LogP contribution in [0.2, 0.25) is 0 Å².